The number of para-hydroxylation sites is 2. The number of aryl methyl sites for hydroxylation is 1. The molecule has 1 amide bonds. The molecule has 0 aliphatic carbocycles. The molecule has 8 nitrogen and oxygen atoms in total. The highest BCUT2D eigenvalue weighted by molar-refractivity contribution is 9.09. The van der Waals surface area contributed by atoms with Gasteiger partial charge in [0.1, 0.15) is 28.5 Å². The summed E-state index contributed by atoms with van der Waals surface area (Å²) >= 11 is 3.44. The van der Waals surface area contributed by atoms with Gasteiger partial charge >= 0.3 is 0 Å². The van der Waals surface area contributed by atoms with Crippen molar-refractivity contribution < 1.29 is 9.53 Å². The number of hydrogen-bond donors (Lipinski definition) is 1. The fraction of sp³-hybridized carbons (Fsp3) is 0.250. The molecule has 1 aromatic heterocycles. The second-order valence-electron chi connectivity index (χ2n) is 7.98. The van der Waals surface area contributed by atoms with Crippen molar-refractivity contribution in [1.82, 2.24) is 15.0 Å². The summed E-state index contributed by atoms with van der Waals surface area (Å²) in [6, 6.07) is 16.9. The molecule has 2 aliphatic rings. The summed E-state index contributed by atoms with van der Waals surface area (Å²) in [4.78, 5) is 15.9. The Bertz CT molecular complexity index is 1310. The lowest BCUT2D eigenvalue weighted by molar-refractivity contribution is -0.121. The van der Waals surface area contributed by atoms with E-state index in [9.17, 15) is 10.1 Å². The number of hydrogen-bond acceptors (Lipinski definition) is 6. The largest absolute Gasteiger partial charge is 0.440 e. The molecule has 33 heavy (non-hydrogen) atoms. The molecular weight excluding hydrogens is 484 g/mol. The van der Waals surface area contributed by atoms with Crippen LogP contribution in [0, 0.1) is 11.3 Å². The van der Waals surface area contributed by atoms with Gasteiger partial charge in [-0.05, 0) is 25.0 Å². The number of halogens is 1. The molecule has 3 aromatic rings. The fourth-order valence-corrected chi connectivity index (χ4v) is 5.05. The third-order valence-electron chi connectivity index (χ3n) is 6.09. The Morgan fingerprint density at radius 3 is 2.67 bits per heavy atom. The summed E-state index contributed by atoms with van der Waals surface area (Å²) in [5, 5.41) is 19.5. The fourth-order valence-electron chi connectivity index (χ4n) is 4.66. The summed E-state index contributed by atoms with van der Waals surface area (Å²) in [5.74, 6) is 0.156. The molecular formula is C24H21BrN6O2. The second kappa shape index (κ2) is 8.37. The zero-order valence-corrected chi connectivity index (χ0v) is 19.3. The van der Waals surface area contributed by atoms with Crippen molar-refractivity contribution in [3.63, 3.8) is 0 Å². The van der Waals surface area contributed by atoms with E-state index in [4.69, 9.17) is 10.5 Å². The van der Waals surface area contributed by atoms with E-state index in [0.717, 1.165) is 24.7 Å². The Balaban J connectivity index is 1.60. The zero-order valence-electron chi connectivity index (χ0n) is 17.7. The van der Waals surface area contributed by atoms with Gasteiger partial charge in [-0.2, -0.15) is 5.26 Å². The quantitative estimate of drug-likeness (QED) is 0.407. The van der Waals surface area contributed by atoms with E-state index in [-0.39, 0.29) is 23.9 Å². The molecule has 1 spiro atoms. The lowest BCUT2D eigenvalue weighted by Crippen LogP contribution is -2.45. The summed E-state index contributed by atoms with van der Waals surface area (Å²) in [7, 11) is 0. The minimum Gasteiger partial charge on any atom is -0.440 e. The maximum Gasteiger partial charge on any atom is 0.248 e. The van der Waals surface area contributed by atoms with Crippen LogP contribution in [0.2, 0.25) is 0 Å². The monoisotopic (exact) mass is 504 g/mol. The van der Waals surface area contributed by atoms with Crippen LogP contribution >= 0.6 is 15.9 Å². The predicted molar refractivity (Wildman–Crippen MR) is 125 cm³/mol. The number of nitrogens with zero attached hydrogens (tertiary/aromatic N) is 5. The Labute approximate surface area is 199 Å². The van der Waals surface area contributed by atoms with Gasteiger partial charge in [0.2, 0.25) is 11.8 Å². The Morgan fingerprint density at radius 2 is 1.88 bits per heavy atom. The lowest BCUT2D eigenvalue weighted by atomic mass is 9.69. The van der Waals surface area contributed by atoms with Gasteiger partial charge in [-0.25, -0.2) is 0 Å². The number of aromatic nitrogens is 3. The summed E-state index contributed by atoms with van der Waals surface area (Å²) in [5.41, 5.74) is 7.60. The number of anilines is 1. The molecule has 0 radical (unpaired) electrons. The van der Waals surface area contributed by atoms with Crippen molar-refractivity contribution in [2.24, 2.45) is 5.73 Å². The summed E-state index contributed by atoms with van der Waals surface area (Å²) in [6.45, 7) is 0.993. The topological polar surface area (TPSA) is 110 Å². The van der Waals surface area contributed by atoms with Gasteiger partial charge in [-0.1, -0.05) is 57.5 Å². The minimum absolute atomic E-state index is 0.0565. The maximum absolute atomic E-state index is 14.2. The average Bonchev–Trinajstić information content (AvgIpc) is 3.37. The van der Waals surface area contributed by atoms with Crippen LogP contribution in [-0.2, 0) is 23.3 Å². The van der Waals surface area contributed by atoms with E-state index in [1.807, 2.05) is 48.7 Å². The molecule has 0 saturated carbocycles. The van der Waals surface area contributed by atoms with E-state index < -0.39 is 5.41 Å². The van der Waals surface area contributed by atoms with Crippen LogP contribution in [-0.4, -0.2) is 26.2 Å². The summed E-state index contributed by atoms with van der Waals surface area (Å²) < 4.78 is 7.52. The maximum atomic E-state index is 14.2. The number of amides is 1. The first-order valence-electron chi connectivity index (χ1n) is 10.7. The Morgan fingerprint density at radius 1 is 1.12 bits per heavy atom. The minimum atomic E-state index is -1.36. The van der Waals surface area contributed by atoms with E-state index in [1.165, 1.54) is 0 Å². The van der Waals surface area contributed by atoms with Gasteiger partial charge in [0, 0.05) is 28.7 Å². The van der Waals surface area contributed by atoms with Gasteiger partial charge in [-0.3, -0.25) is 9.48 Å². The standard InChI is InChI=1S/C24H21BrN6O2/c25-11-5-6-12-30-14-16(28-29-30)15-31-20-9-3-1-7-17(20)24(23(31)32)18-8-2-4-10-21(18)33-22(27)19(24)13-26/h1-4,7-10,14H,5-6,11-12,15,27H2. The Hall–Kier alpha value is -3.64. The number of ether oxygens (including phenoxy) is 1. The molecule has 1 unspecified atom stereocenters. The van der Waals surface area contributed by atoms with E-state index in [1.54, 1.807) is 15.6 Å². The number of carbonyl (C=O) groups excluding carboxylic acids is 1. The van der Waals surface area contributed by atoms with E-state index in [2.05, 4.69) is 32.3 Å². The van der Waals surface area contributed by atoms with E-state index >= 15 is 0 Å². The van der Waals surface area contributed by atoms with Crippen LogP contribution in [0.3, 0.4) is 0 Å². The van der Waals surface area contributed by atoms with Gasteiger partial charge < -0.3 is 15.4 Å². The Kier molecular flexibility index (Phi) is 5.38. The molecule has 2 N–H and O–H groups in total. The van der Waals surface area contributed by atoms with Gasteiger partial charge in [0.15, 0.2) is 0 Å². The second-order valence-corrected chi connectivity index (χ2v) is 8.77. The van der Waals surface area contributed by atoms with Crippen LogP contribution in [0.1, 0.15) is 29.7 Å². The van der Waals surface area contributed by atoms with Crippen molar-refractivity contribution >= 4 is 27.5 Å². The van der Waals surface area contributed by atoms with Crippen molar-refractivity contribution in [3.8, 4) is 11.8 Å². The summed E-state index contributed by atoms with van der Waals surface area (Å²) in [6.07, 6.45) is 3.89. The van der Waals surface area contributed by atoms with Gasteiger partial charge in [-0.15, -0.1) is 5.10 Å². The highest BCUT2D eigenvalue weighted by Gasteiger charge is 2.59. The predicted octanol–water partition coefficient (Wildman–Crippen LogP) is 3.37. The third kappa shape index (κ3) is 3.21. The smallest absolute Gasteiger partial charge is 0.248 e. The zero-order chi connectivity index (χ0) is 23.0. The van der Waals surface area contributed by atoms with Crippen LogP contribution in [0.15, 0.2) is 66.2 Å². The molecule has 166 valence electrons. The number of nitriles is 1. The molecule has 5 rings (SSSR count). The highest BCUT2D eigenvalue weighted by Crippen LogP contribution is 2.55. The van der Waals surface area contributed by atoms with Crippen molar-refractivity contribution in [1.29, 1.82) is 5.26 Å². The number of unbranched alkanes of at least 4 members (excludes halogenated alkanes) is 1. The lowest BCUT2D eigenvalue weighted by Gasteiger charge is -2.34. The number of rotatable bonds is 6. The molecule has 9 heteroatoms. The molecule has 0 fully saturated rings. The van der Waals surface area contributed by atoms with Crippen molar-refractivity contribution in [3.05, 3.63) is 83.0 Å². The van der Waals surface area contributed by atoms with Gasteiger partial charge in [0.25, 0.3) is 0 Å². The van der Waals surface area contributed by atoms with E-state index in [0.29, 0.717) is 28.3 Å². The first-order valence-corrected chi connectivity index (χ1v) is 11.8. The number of fused-ring (bicyclic) bond motifs is 4. The number of alkyl halides is 1. The molecule has 1 atom stereocenters. The SMILES string of the molecule is N#CC1=C(N)Oc2ccccc2C12C(=O)N(Cc1cn(CCCCBr)nn1)c1ccccc12. The first kappa shape index (κ1) is 21.2. The molecule has 3 heterocycles. The normalized spacial score (nSPS) is 18.8. The molecule has 0 saturated heterocycles. The number of benzene rings is 2. The number of nitrogens with two attached hydrogens (primary N) is 1. The first-order chi connectivity index (χ1) is 16.1. The average molecular weight is 505 g/mol. The highest BCUT2D eigenvalue weighted by atomic mass is 79.9. The van der Waals surface area contributed by atoms with Crippen LogP contribution in [0.5, 0.6) is 5.75 Å². The molecule has 0 bridgehead atoms. The van der Waals surface area contributed by atoms with Crippen LogP contribution in [0.25, 0.3) is 0 Å². The molecule has 2 aromatic carbocycles. The third-order valence-corrected chi connectivity index (χ3v) is 6.65. The van der Waals surface area contributed by atoms with Crippen LogP contribution < -0.4 is 15.4 Å². The van der Waals surface area contributed by atoms with Crippen LogP contribution in [0.4, 0.5) is 5.69 Å². The molecule has 2 aliphatic heterocycles. The van der Waals surface area contributed by atoms with Crippen molar-refractivity contribution in [2.45, 2.75) is 31.3 Å². The van der Waals surface area contributed by atoms with Crippen molar-refractivity contribution in [2.75, 3.05) is 10.2 Å². The number of carbonyl (C=O) groups is 1. The van der Waals surface area contributed by atoms with Gasteiger partial charge in [0.05, 0.1) is 12.7 Å².